The molecule has 0 aliphatic carbocycles. The highest BCUT2D eigenvalue weighted by Crippen LogP contribution is 2.24. The summed E-state index contributed by atoms with van der Waals surface area (Å²) in [6, 6.07) is 3.27. The topological polar surface area (TPSA) is 68.7 Å². The van der Waals surface area contributed by atoms with Gasteiger partial charge >= 0.3 is 5.97 Å². The molecular weight excluding hydrogens is 222 g/mol. The number of carboxylic acids is 1. The van der Waals surface area contributed by atoms with Crippen LogP contribution in [0.4, 0.5) is 0 Å². The minimum absolute atomic E-state index is 0.235. The fraction of sp³-hybridized carbons (Fsp3) is 0.500. The third-order valence-electron chi connectivity index (χ3n) is 2.46. The second-order valence-electron chi connectivity index (χ2n) is 3.62. The van der Waals surface area contributed by atoms with Gasteiger partial charge in [-0.25, -0.2) is 4.79 Å². The van der Waals surface area contributed by atoms with Gasteiger partial charge in [-0.15, -0.1) is 0 Å². The van der Waals surface area contributed by atoms with E-state index < -0.39 is 11.6 Å². The monoisotopic (exact) mass is 239 g/mol. The van der Waals surface area contributed by atoms with Gasteiger partial charge in [-0.3, -0.25) is 4.98 Å². The molecule has 0 bridgehead atoms. The molecule has 1 aromatic rings. The molecule has 1 unspecified atom stereocenters. The zero-order chi connectivity index (χ0) is 12.7. The Bertz CT molecular complexity index is 355. The minimum Gasteiger partial charge on any atom is -0.479 e. The van der Waals surface area contributed by atoms with Gasteiger partial charge in [0.2, 0.25) is 0 Å². The van der Waals surface area contributed by atoms with Crippen LogP contribution in [0.25, 0.3) is 0 Å². The fourth-order valence-corrected chi connectivity index (χ4v) is 1.39. The Morgan fingerprint density at radius 3 is 2.59 bits per heavy atom. The van der Waals surface area contributed by atoms with Gasteiger partial charge in [0.25, 0.3) is 0 Å². The van der Waals surface area contributed by atoms with Crippen LogP contribution >= 0.6 is 0 Å². The van der Waals surface area contributed by atoms with E-state index in [0.29, 0.717) is 18.8 Å². The maximum Gasteiger partial charge on any atom is 0.340 e. The molecule has 0 fully saturated rings. The summed E-state index contributed by atoms with van der Waals surface area (Å²) in [5, 5.41) is 9.26. The van der Waals surface area contributed by atoms with E-state index in [1.807, 2.05) is 6.92 Å². The zero-order valence-electron chi connectivity index (χ0n) is 10.0. The van der Waals surface area contributed by atoms with E-state index in [2.05, 4.69) is 4.98 Å². The summed E-state index contributed by atoms with van der Waals surface area (Å²) in [4.78, 5) is 15.2. The predicted octanol–water partition coefficient (Wildman–Crippen LogP) is 1.43. The molecule has 1 N–H and O–H groups in total. The third kappa shape index (κ3) is 3.51. The summed E-state index contributed by atoms with van der Waals surface area (Å²) < 4.78 is 10.5. The number of aromatic nitrogens is 1. The molecule has 1 atom stereocenters. The van der Waals surface area contributed by atoms with Gasteiger partial charge in [0.05, 0.1) is 13.2 Å². The van der Waals surface area contributed by atoms with Crippen molar-refractivity contribution in [2.24, 2.45) is 0 Å². The van der Waals surface area contributed by atoms with Crippen LogP contribution in [0.1, 0.15) is 19.4 Å². The molecule has 0 aromatic carbocycles. The quantitative estimate of drug-likeness (QED) is 0.729. The summed E-state index contributed by atoms with van der Waals surface area (Å²) in [6.07, 6.45) is 3.09. The molecule has 0 radical (unpaired) electrons. The van der Waals surface area contributed by atoms with Gasteiger partial charge in [-0.2, -0.15) is 0 Å². The highest BCUT2D eigenvalue weighted by atomic mass is 16.6. The van der Waals surface area contributed by atoms with Crippen LogP contribution in [-0.2, 0) is 19.9 Å². The lowest BCUT2D eigenvalue weighted by Gasteiger charge is -2.25. The molecule has 0 aliphatic rings. The highest BCUT2D eigenvalue weighted by molar-refractivity contribution is 5.78. The Morgan fingerprint density at radius 1 is 1.41 bits per heavy atom. The van der Waals surface area contributed by atoms with E-state index >= 15 is 0 Å². The molecule has 1 heterocycles. The Labute approximate surface area is 100 Å². The maximum atomic E-state index is 11.3. The molecule has 0 saturated heterocycles. The van der Waals surface area contributed by atoms with E-state index in [-0.39, 0.29) is 6.61 Å². The Hall–Kier alpha value is -1.46. The first-order valence-corrected chi connectivity index (χ1v) is 5.47. The van der Waals surface area contributed by atoms with E-state index in [9.17, 15) is 9.90 Å². The molecule has 0 aliphatic heterocycles. The van der Waals surface area contributed by atoms with Crippen LogP contribution in [0.15, 0.2) is 24.5 Å². The second kappa shape index (κ2) is 6.32. The molecule has 17 heavy (non-hydrogen) atoms. The number of rotatable bonds is 7. The Balaban J connectivity index is 2.73. The standard InChI is InChI=1S/C12H17NO4/c1-3-16-8-9-17-12(2,11(14)15)10-4-6-13-7-5-10/h4-7H,3,8-9H2,1-2H3,(H,14,15). The smallest absolute Gasteiger partial charge is 0.340 e. The first kappa shape index (κ1) is 13.6. The number of nitrogens with zero attached hydrogens (tertiary/aromatic N) is 1. The molecule has 94 valence electrons. The molecule has 0 spiro atoms. The number of hydrogen-bond acceptors (Lipinski definition) is 4. The van der Waals surface area contributed by atoms with Crippen molar-refractivity contribution in [3.8, 4) is 0 Å². The summed E-state index contributed by atoms with van der Waals surface area (Å²) in [5.41, 5.74) is -0.795. The van der Waals surface area contributed by atoms with E-state index in [1.54, 1.807) is 24.5 Å². The number of hydrogen-bond donors (Lipinski definition) is 1. The molecule has 5 nitrogen and oxygen atoms in total. The van der Waals surface area contributed by atoms with E-state index in [1.165, 1.54) is 6.92 Å². The van der Waals surface area contributed by atoms with Gasteiger partial charge < -0.3 is 14.6 Å². The number of carbonyl (C=O) groups is 1. The first-order valence-electron chi connectivity index (χ1n) is 5.47. The predicted molar refractivity (Wildman–Crippen MR) is 61.7 cm³/mol. The highest BCUT2D eigenvalue weighted by Gasteiger charge is 2.36. The van der Waals surface area contributed by atoms with Crippen LogP contribution in [0, 0.1) is 0 Å². The molecule has 0 saturated carbocycles. The Kier molecular flexibility index (Phi) is 5.06. The number of pyridine rings is 1. The third-order valence-corrected chi connectivity index (χ3v) is 2.46. The van der Waals surface area contributed by atoms with Crippen LogP contribution in [-0.4, -0.2) is 35.9 Å². The summed E-state index contributed by atoms with van der Waals surface area (Å²) in [7, 11) is 0. The molecular formula is C12H17NO4. The SMILES string of the molecule is CCOCCOC(C)(C(=O)O)c1ccncc1. The lowest BCUT2D eigenvalue weighted by atomic mass is 9.97. The van der Waals surface area contributed by atoms with Gasteiger partial charge in [0.15, 0.2) is 5.60 Å². The van der Waals surface area contributed by atoms with Crippen molar-refractivity contribution in [2.45, 2.75) is 19.4 Å². The lowest BCUT2D eigenvalue weighted by molar-refractivity contribution is -0.167. The van der Waals surface area contributed by atoms with Crippen molar-refractivity contribution in [3.63, 3.8) is 0 Å². The van der Waals surface area contributed by atoms with Gasteiger partial charge in [-0.1, -0.05) is 0 Å². The Morgan fingerprint density at radius 2 is 2.06 bits per heavy atom. The number of carboxylic acid groups (broad SMARTS) is 1. The summed E-state index contributed by atoms with van der Waals surface area (Å²) >= 11 is 0. The average molecular weight is 239 g/mol. The summed E-state index contributed by atoms with van der Waals surface area (Å²) in [6.45, 7) is 4.60. The normalized spacial score (nSPS) is 14.2. The second-order valence-corrected chi connectivity index (χ2v) is 3.62. The van der Waals surface area contributed by atoms with Crippen LogP contribution < -0.4 is 0 Å². The van der Waals surface area contributed by atoms with Crippen LogP contribution in [0.5, 0.6) is 0 Å². The van der Waals surface area contributed by atoms with Crippen molar-refractivity contribution < 1.29 is 19.4 Å². The molecule has 1 rings (SSSR count). The van der Waals surface area contributed by atoms with Gasteiger partial charge in [0, 0.05) is 19.0 Å². The molecule has 0 amide bonds. The zero-order valence-corrected chi connectivity index (χ0v) is 10.0. The number of ether oxygens (including phenoxy) is 2. The lowest BCUT2D eigenvalue weighted by Crippen LogP contribution is -2.36. The maximum absolute atomic E-state index is 11.3. The van der Waals surface area contributed by atoms with Gasteiger partial charge in [0.1, 0.15) is 0 Å². The fourth-order valence-electron chi connectivity index (χ4n) is 1.39. The van der Waals surface area contributed by atoms with Crippen molar-refractivity contribution >= 4 is 5.97 Å². The van der Waals surface area contributed by atoms with E-state index in [0.717, 1.165) is 0 Å². The minimum atomic E-state index is -1.36. The average Bonchev–Trinajstić information content (AvgIpc) is 2.35. The van der Waals surface area contributed by atoms with Crippen molar-refractivity contribution in [2.75, 3.05) is 19.8 Å². The van der Waals surface area contributed by atoms with Gasteiger partial charge in [-0.05, 0) is 31.5 Å². The van der Waals surface area contributed by atoms with Crippen LogP contribution in [0.2, 0.25) is 0 Å². The number of aliphatic carboxylic acids is 1. The largest absolute Gasteiger partial charge is 0.479 e. The van der Waals surface area contributed by atoms with Crippen molar-refractivity contribution in [1.82, 2.24) is 4.98 Å². The van der Waals surface area contributed by atoms with Crippen LogP contribution in [0.3, 0.4) is 0 Å². The first-order chi connectivity index (χ1) is 8.11. The summed E-state index contributed by atoms with van der Waals surface area (Å²) in [5.74, 6) is -1.03. The molecule has 1 aromatic heterocycles. The molecule has 5 heteroatoms. The van der Waals surface area contributed by atoms with E-state index in [4.69, 9.17) is 9.47 Å². The van der Waals surface area contributed by atoms with Crippen molar-refractivity contribution in [1.29, 1.82) is 0 Å². The van der Waals surface area contributed by atoms with Crippen molar-refractivity contribution in [3.05, 3.63) is 30.1 Å².